The van der Waals surface area contributed by atoms with E-state index >= 15 is 0 Å². The zero-order valence-corrected chi connectivity index (χ0v) is 11.3. The van der Waals surface area contributed by atoms with Gasteiger partial charge in [-0.3, -0.25) is 4.31 Å². The van der Waals surface area contributed by atoms with Crippen molar-refractivity contribution in [3.05, 3.63) is 36.3 Å². The minimum absolute atomic E-state index is 0.0604. The molecule has 1 aliphatic rings. The summed E-state index contributed by atoms with van der Waals surface area (Å²) in [6, 6.07) is 5.36. The molecule has 100 valence electrons. The van der Waals surface area contributed by atoms with Crippen molar-refractivity contribution in [2.24, 2.45) is 7.05 Å². The number of sulfonamides is 1. The van der Waals surface area contributed by atoms with E-state index in [1.54, 1.807) is 23.7 Å². The molecule has 0 radical (unpaired) electrons. The minimum atomic E-state index is -3.60. The number of hydrogen-bond donors (Lipinski definition) is 1. The number of benzene rings is 1. The van der Waals surface area contributed by atoms with Crippen LogP contribution in [-0.4, -0.2) is 24.5 Å². The lowest BCUT2D eigenvalue weighted by atomic mass is 10.1. The van der Waals surface area contributed by atoms with Crippen LogP contribution >= 0.6 is 0 Å². The highest BCUT2D eigenvalue weighted by Gasteiger charge is 2.32. The van der Waals surface area contributed by atoms with Gasteiger partial charge in [-0.15, -0.1) is 0 Å². The molecule has 0 saturated heterocycles. The normalized spacial score (nSPS) is 14.7. The molecule has 2 heterocycles. The molecule has 0 atom stereocenters. The molecule has 0 fully saturated rings. The van der Waals surface area contributed by atoms with Gasteiger partial charge in [0.1, 0.15) is 0 Å². The fourth-order valence-electron chi connectivity index (χ4n) is 2.25. The third kappa shape index (κ3) is 1.86. The summed E-state index contributed by atoms with van der Waals surface area (Å²) < 4.78 is 28.1. The molecule has 3 rings (SSSR count). The molecule has 0 aliphatic carbocycles. The van der Waals surface area contributed by atoms with E-state index in [0.717, 1.165) is 5.56 Å². The van der Waals surface area contributed by atoms with Gasteiger partial charge >= 0.3 is 0 Å². The summed E-state index contributed by atoms with van der Waals surface area (Å²) in [6.07, 6.45) is 3.67. The summed E-state index contributed by atoms with van der Waals surface area (Å²) in [6.45, 7) is 0.428. The fourth-order valence-corrected chi connectivity index (χ4v) is 3.72. The number of anilines is 2. The molecule has 0 amide bonds. The highest BCUT2D eigenvalue weighted by atomic mass is 32.2. The van der Waals surface area contributed by atoms with Gasteiger partial charge in [-0.25, -0.2) is 4.98 Å². The summed E-state index contributed by atoms with van der Waals surface area (Å²) in [5, 5.41) is 0.0604. The Labute approximate surface area is 111 Å². The number of hydrogen-bond acceptors (Lipinski definition) is 4. The number of aromatic nitrogens is 2. The lowest BCUT2D eigenvalue weighted by Gasteiger charge is -2.18. The van der Waals surface area contributed by atoms with Gasteiger partial charge in [0.2, 0.25) is 0 Å². The second-order valence-corrected chi connectivity index (χ2v) is 6.40. The number of imidazole rings is 1. The van der Waals surface area contributed by atoms with Gasteiger partial charge in [0.05, 0.1) is 12.0 Å². The predicted molar refractivity (Wildman–Crippen MR) is 72.3 cm³/mol. The molecule has 19 heavy (non-hydrogen) atoms. The quantitative estimate of drug-likeness (QED) is 0.822. The summed E-state index contributed by atoms with van der Waals surface area (Å²) in [7, 11) is -1.86. The molecule has 1 aromatic heterocycles. The number of rotatable bonds is 2. The van der Waals surface area contributed by atoms with Gasteiger partial charge < -0.3 is 10.3 Å². The molecule has 2 aromatic rings. The molecule has 1 aromatic carbocycles. The molecule has 1 aliphatic heterocycles. The Morgan fingerprint density at radius 3 is 2.84 bits per heavy atom. The fraction of sp³-hybridized carbons (Fsp3) is 0.250. The SMILES string of the molecule is Cn1cnc(S(=O)(=O)N2CCc3ccc(N)cc32)c1. The first-order chi connectivity index (χ1) is 8.98. The van der Waals surface area contributed by atoms with E-state index in [1.807, 2.05) is 6.07 Å². The third-order valence-corrected chi connectivity index (χ3v) is 4.90. The second kappa shape index (κ2) is 3.99. The van der Waals surface area contributed by atoms with Gasteiger partial charge in [-0.2, -0.15) is 8.42 Å². The molecular formula is C12H14N4O2S. The Morgan fingerprint density at radius 2 is 2.16 bits per heavy atom. The van der Waals surface area contributed by atoms with Crippen molar-refractivity contribution in [1.82, 2.24) is 9.55 Å². The van der Waals surface area contributed by atoms with E-state index in [2.05, 4.69) is 4.98 Å². The van der Waals surface area contributed by atoms with Crippen LogP contribution in [-0.2, 0) is 23.5 Å². The zero-order chi connectivity index (χ0) is 13.6. The van der Waals surface area contributed by atoms with E-state index in [-0.39, 0.29) is 5.03 Å². The van der Waals surface area contributed by atoms with Crippen LogP contribution in [0.1, 0.15) is 5.56 Å². The number of nitrogens with zero attached hydrogens (tertiary/aromatic N) is 3. The first kappa shape index (κ1) is 12.0. The van der Waals surface area contributed by atoms with Crippen LogP contribution in [0.25, 0.3) is 0 Å². The van der Waals surface area contributed by atoms with Gasteiger partial charge in [-0.1, -0.05) is 6.07 Å². The molecule has 0 spiro atoms. The Hall–Kier alpha value is -2.02. The van der Waals surface area contributed by atoms with Crippen molar-refractivity contribution in [2.75, 3.05) is 16.6 Å². The number of nitrogen functional groups attached to an aromatic ring is 1. The Bertz CT molecular complexity index is 736. The van der Waals surface area contributed by atoms with Crippen molar-refractivity contribution in [1.29, 1.82) is 0 Å². The first-order valence-electron chi connectivity index (χ1n) is 5.87. The molecular weight excluding hydrogens is 264 g/mol. The molecule has 0 saturated carbocycles. The van der Waals surface area contributed by atoms with Crippen molar-refractivity contribution in [3.63, 3.8) is 0 Å². The topological polar surface area (TPSA) is 81.2 Å². The van der Waals surface area contributed by atoms with Crippen LogP contribution in [0.5, 0.6) is 0 Å². The third-order valence-electron chi connectivity index (χ3n) is 3.20. The van der Waals surface area contributed by atoms with E-state index in [0.29, 0.717) is 24.3 Å². The first-order valence-corrected chi connectivity index (χ1v) is 7.31. The maximum Gasteiger partial charge on any atom is 0.283 e. The molecule has 0 bridgehead atoms. The average Bonchev–Trinajstić information content (AvgIpc) is 2.95. The van der Waals surface area contributed by atoms with Gasteiger partial charge in [0.15, 0.2) is 5.03 Å². The van der Waals surface area contributed by atoms with Crippen LogP contribution in [0.15, 0.2) is 35.7 Å². The summed E-state index contributed by atoms with van der Waals surface area (Å²) in [5.41, 5.74) is 7.95. The van der Waals surface area contributed by atoms with Crippen molar-refractivity contribution < 1.29 is 8.42 Å². The van der Waals surface area contributed by atoms with Crippen molar-refractivity contribution >= 4 is 21.4 Å². The number of nitrogens with two attached hydrogens (primary N) is 1. The molecule has 7 heteroatoms. The van der Waals surface area contributed by atoms with E-state index < -0.39 is 10.0 Å². The lowest BCUT2D eigenvalue weighted by Crippen LogP contribution is -2.29. The lowest BCUT2D eigenvalue weighted by molar-refractivity contribution is 0.589. The van der Waals surface area contributed by atoms with Crippen LogP contribution < -0.4 is 10.0 Å². The second-order valence-electron chi connectivity index (χ2n) is 4.59. The van der Waals surface area contributed by atoms with Gasteiger partial charge in [0.25, 0.3) is 10.0 Å². The van der Waals surface area contributed by atoms with E-state index in [9.17, 15) is 8.42 Å². The minimum Gasteiger partial charge on any atom is -0.399 e. The zero-order valence-electron chi connectivity index (χ0n) is 10.4. The number of fused-ring (bicyclic) bond motifs is 1. The Morgan fingerprint density at radius 1 is 1.37 bits per heavy atom. The highest BCUT2D eigenvalue weighted by molar-refractivity contribution is 7.92. The largest absolute Gasteiger partial charge is 0.399 e. The summed E-state index contributed by atoms with van der Waals surface area (Å²) in [4.78, 5) is 3.93. The average molecular weight is 278 g/mol. The molecule has 2 N–H and O–H groups in total. The number of aryl methyl sites for hydroxylation is 1. The van der Waals surface area contributed by atoms with Crippen molar-refractivity contribution in [3.8, 4) is 0 Å². The standard InChI is InChI=1S/C12H14N4O2S/c1-15-7-12(14-8-15)19(17,18)16-5-4-9-2-3-10(13)6-11(9)16/h2-3,6-8H,4-5,13H2,1H3. The molecule has 0 unspecified atom stereocenters. The summed E-state index contributed by atoms with van der Waals surface area (Å²) >= 11 is 0. The van der Waals surface area contributed by atoms with Crippen LogP contribution in [0, 0.1) is 0 Å². The van der Waals surface area contributed by atoms with E-state index in [1.165, 1.54) is 16.8 Å². The predicted octanol–water partition coefficient (Wildman–Crippen LogP) is 0.754. The van der Waals surface area contributed by atoms with Crippen molar-refractivity contribution in [2.45, 2.75) is 11.4 Å². The maximum atomic E-state index is 12.5. The van der Waals surface area contributed by atoms with Crippen LogP contribution in [0.3, 0.4) is 0 Å². The van der Waals surface area contributed by atoms with Crippen LogP contribution in [0.4, 0.5) is 11.4 Å². The highest BCUT2D eigenvalue weighted by Crippen LogP contribution is 2.33. The Kier molecular flexibility index (Phi) is 2.53. The Balaban J connectivity index is 2.08. The smallest absolute Gasteiger partial charge is 0.283 e. The van der Waals surface area contributed by atoms with E-state index in [4.69, 9.17) is 5.73 Å². The monoisotopic (exact) mass is 278 g/mol. The summed E-state index contributed by atoms with van der Waals surface area (Å²) in [5.74, 6) is 0. The van der Waals surface area contributed by atoms with Gasteiger partial charge in [0, 0.05) is 25.5 Å². The van der Waals surface area contributed by atoms with Gasteiger partial charge in [-0.05, 0) is 24.1 Å². The molecule has 6 nitrogen and oxygen atoms in total. The van der Waals surface area contributed by atoms with Crippen LogP contribution in [0.2, 0.25) is 0 Å². The maximum absolute atomic E-state index is 12.5.